The highest BCUT2D eigenvalue weighted by atomic mass is 32.1. The van der Waals surface area contributed by atoms with E-state index in [9.17, 15) is 4.79 Å². The van der Waals surface area contributed by atoms with Crippen LogP contribution in [0.2, 0.25) is 0 Å². The number of amides is 1. The molecule has 0 radical (unpaired) electrons. The Bertz CT molecular complexity index is 828. The molecule has 8 heteroatoms. The second-order valence-electron chi connectivity index (χ2n) is 4.80. The van der Waals surface area contributed by atoms with Crippen molar-refractivity contribution in [2.24, 2.45) is 0 Å². The Morgan fingerprint density at radius 2 is 2.22 bits per heavy atom. The van der Waals surface area contributed by atoms with E-state index in [1.54, 1.807) is 31.4 Å². The van der Waals surface area contributed by atoms with Crippen LogP contribution in [-0.2, 0) is 11.3 Å². The topological polar surface area (TPSA) is 90.1 Å². The molecule has 0 spiro atoms. The maximum Gasteiger partial charge on any atom is 0.256 e. The quantitative estimate of drug-likeness (QED) is 0.773. The van der Waals surface area contributed by atoms with Gasteiger partial charge in [-0.15, -0.1) is 10.2 Å². The van der Waals surface area contributed by atoms with E-state index in [0.717, 1.165) is 5.69 Å². The van der Waals surface area contributed by atoms with Gasteiger partial charge < -0.3 is 14.5 Å². The fraction of sp³-hybridized carbons (Fsp3) is 0.200. The Labute approximate surface area is 136 Å². The van der Waals surface area contributed by atoms with Crippen LogP contribution in [0, 0.1) is 6.92 Å². The van der Waals surface area contributed by atoms with Gasteiger partial charge in [-0.1, -0.05) is 6.07 Å². The average Bonchev–Trinajstić information content (AvgIpc) is 3.17. The molecule has 0 aliphatic rings. The predicted molar refractivity (Wildman–Crippen MR) is 85.3 cm³/mol. The second-order valence-corrected chi connectivity index (χ2v) is 5.61. The lowest BCUT2D eigenvalue weighted by molar-refractivity contribution is 0.102. The first-order valence-corrected chi connectivity index (χ1v) is 7.59. The third-order valence-corrected chi connectivity index (χ3v) is 3.77. The molecule has 118 valence electrons. The van der Waals surface area contributed by atoms with Gasteiger partial charge in [0.15, 0.2) is 0 Å². The van der Waals surface area contributed by atoms with E-state index < -0.39 is 0 Å². The number of hydrogen-bond acceptors (Lipinski definition) is 7. The summed E-state index contributed by atoms with van der Waals surface area (Å²) >= 11 is 1.25. The van der Waals surface area contributed by atoms with Gasteiger partial charge in [0.1, 0.15) is 11.6 Å². The molecule has 1 N–H and O–H groups in total. The largest absolute Gasteiger partial charge is 0.418 e. The zero-order valence-electron chi connectivity index (χ0n) is 12.6. The summed E-state index contributed by atoms with van der Waals surface area (Å²) in [7, 11) is 1.55. The third-order valence-electron chi connectivity index (χ3n) is 2.97. The van der Waals surface area contributed by atoms with Crippen LogP contribution in [0.15, 0.2) is 34.7 Å². The van der Waals surface area contributed by atoms with Gasteiger partial charge in [0, 0.05) is 18.2 Å². The van der Waals surface area contributed by atoms with Gasteiger partial charge in [-0.05, 0) is 42.7 Å². The number of carbonyl (C=O) groups is 1. The summed E-state index contributed by atoms with van der Waals surface area (Å²) in [4.78, 5) is 12.3. The number of nitrogens with zero attached hydrogens (tertiary/aromatic N) is 3. The number of anilines is 1. The van der Waals surface area contributed by atoms with Gasteiger partial charge in [-0.3, -0.25) is 4.79 Å². The Hall–Kier alpha value is -2.58. The monoisotopic (exact) mass is 330 g/mol. The van der Waals surface area contributed by atoms with Crippen molar-refractivity contribution in [1.82, 2.24) is 14.6 Å². The van der Waals surface area contributed by atoms with Crippen LogP contribution in [-0.4, -0.2) is 27.6 Å². The number of aryl methyl sites for hydroxylation is 1. The van der Waals surface area contributed by atoms with Gasteiger partial charge >= 0.3 is 0 Å². The first-order valence-electron chi connectivity index (χ1n) is 6.82. The molecule has 3 aromatic rings. The van der Waals surface area contributed by atoms with Crippen molar-refractivity contribution in [3.8, 4) is 11.5 Å². The Morgan fingerprint density at radius 1 is 1.35 bits per heavy atom. The molecule has 0 aliphatic heterocycles. The SMILES string of the molecule is COCc1nnc(-c2cccc(C(=O)Nc3cc(C)ns3)c2)o1. The Balaban J connectivity index is 1.79. The molecular formula is C15H14N4O3S. The first-order chi connectivity index (χ1) is 11.2. The molecule has 2 aromatic heterocycles. The molecule has 0 saturated carbocycles. The first kappa shape index (κ1) is 15.3. The molecule has 1 amide bonds. The van der Waals surface area contributed by atoms with Crippen molar-refractivity contribution in [1.29, 1.82) is 0 Å². The molecular weight excluding hydrogens is 316 g/mol. The van der Waals surface area contributed by atoms with Crippen LogP contribution in [0.25, 0.3) is 11.5 Å². The Morgan fingerprint density at radius 3 is 2.96 bits per heavy atom. The van der Waals surface area contributed by atoms with E-state index in [4.69, 9.17) is 9.15 Å². The van der Waals surface area contributed by atoms with E-state index >= 15 is 0 Å². The van der Waals surface area contributed by atoms with Crippen molar-refractivity contribution in [2.75, 3.05) is 12.4 Å². The molecule has 0 fully saturated rings. The molecule has 23 heavy (non-hydrogen) atoms. The summed E-state index contributed by atoms with van der Waals surface area (Å²) in [5.74, 6) is 0.518. The summed E-state index contributed by atoms with van der Waals surface area (Å²) in [6, 6.07) is 8.81. The van der Waals surface area contributed by atoms with Crippen molar-refractivity contribution >= 4 is 22.4 Å². The predicted octanol–water partition coefficient (Wildman–Crippen LogP) is 2.90. The lowest BCUT2D eigenvalue weighted by atomic mass is 10.1. The number of nitrogens with one attached hydrogen (secondary N) is 1. The van der Waals surface area contributed by atoms with Crippen LogP contribution in [0.5, 0.6) is 0 Å². The molecule has 2 heterocycles. The number of carbonyl (C=O) groups excluding carboxylic acids is 1. The normalized spacial score (nSPS) is 10.7. The molecule has 0 atom stereocenters. The molecule has 7 nitrogen and oxygen atoms in total. The lowest BCUT2D eigenvalue weighted by Gasteiger charge is -2.03. The second kappa shape index (κ2) is 6.67. The summed E-state index contributed by atoms with van der Waals surface area (Å²) in [5, 5.41) is 11.4. The third kappa shape index (κ3) is 3.61. The smallest absolute Gasteiger partial charge is 0.256 e. The fourth-order valence-corrected chi connectivity index (χ4v) is 2.61. The van der Waals surface area contributed by atoms with Gasteiger partial charge in [0.2, 0.25) is 11.8 Å². The standard InChI is InChI=1S/C15H14N4O3S/c1-9-6-13(23-19-9)16-14(20)10-4-3-5-11(7-10)15-18-17-12(22-15)8-21-2/h3-7H,8H2,1-2H3,(H,16,20). The van der Waals surface area contributed by atoms with E-state index in [1.165, 1.54) is 11.5 Å². The average molecular weight is 330 g/mol. The van der Waals surface area contributed by atoms with Crippen LogP contribution in [0.4, 0.5) is 5.00 Å². The summed E-state index contributed by atoms with van der Waals surface area (Å²) in [6.07, 6.45) is 0. The van der Waals surface area contributed by atoms with E-state index in [0.29, 0.717) is 27.9 Å². The summed E-state index contributed by atoms with van der Waals surface area (Å²) in [5.41, 5.74) is 2.05. The van der Waals surface area contributed by atoms with Crippen molar-refractivity contribution in [3.63, 3.8) is 0 Å². The van der Waals surface area contributed by atoms with E-state index in [2.05, 4.69) is 19.9 Å². The van der Waals surface area contributed by atoms with Crippen molar-refractivity contribution in [3.05, 3.63) is 47.5 Å². The van der Waals surface area contributed by atoms with Crippen LogP contribution in [0.1, 0.15) is 21.9 Å². The van der Waals surface area contributed by atoms with Crippen LogP contribution >= 0.6 is 11.5 Å². The lowest BCUT2D eigenvalue weighted by Crippen LogP contribution is -2.10. The zero-order chi connectivity index (χ0) is 16.2. The molecule has 0 saturated heterocycles. The molecule has 0 aliphatic carbocycles. The van der Waals surface area contributed by atoms with Gasteiger partial charge in [-0.2, -0.15) is 4.37 Å². The van der Waals surface area contributed by atoms with Crippen molar-refractivity contribution in [2.45, 2.75) is 13.5 Å². The molecule has 0 bridgehead atoms. The van der Waals surface area contributed by atoms with E-state index in [-0.39, 0.29) is 12.5 Å². The molecule has 0 unspecified atom stereocenters. The number of hydrogen-bond donors (Lipinski definition) is 1. The summed E-state index contributed by atoms with van der Waals surface area (Å²) in [6.45, 7) is 2.12. The van der Waals surface area contributed by atoms with Gasteiger partial charge in [0.25, 0.3) is 5.91 Å². The highest BCUT2D eigenvalue weighted by Gasteiger charge is 2.12. The Kier molecular flexibility index (Phi) is 4.45. The number of ether oxygens (including phenoxy) is 1. The number of rotatable bonds is 5. The minimum absolute atomic E-state index is 0.216. The maximum atomic E-state index is 12.3. The minimum atomic E-state index is -0.216. The minimum Gasteiger partial charge on any atom is -0.418 e. The number of methoxy groups -OCH3 is 1. The van der Waals surface area contributed by atoms with Gasteiger partial charge in [-0.25, -0.2) is 0 Å². The number of aromatic nitrogens is 3. The van der Waals surface area contributed by atoms with Gasteiger partial charge in [0.05, 0.1) is 5.69 Å². The van der Waals surface area contributed by atoms with E-state index in [1.807, 2.05) is 13.0 Å². The van der Waals surface area contributed by atoms with Crippen molar-refractivity contribution < 1.29 is 13.9 Å². The summed E-state index contributed by atoms with van der Waals surface area (Å²) < 4.78 is 14.6. The zero-order valence-corrected chi connectivity index (χ0v) is 13.4. The van der Waals surface area contributed by atoms with Crippen LogP contribution in [0.3, 0.4) is 0 Å². The fourth-order valence-electron chi connectivity index (χ4n) is 1.95. The highest BCUT2D eigenvalue weighted by molar-refractivity contribution is 7.10. The van der Waals surface area contributed by atoms with Crippen LogP contribution < -0.4 is 5.32 Å². The molecule has 3 rings (SSSR count). The highest BCUT2D eigenvalue weighted by Crippen LogP contribution is 2.21. The number of benzene rings is 1. The maximum absolute atomic E-state index is 12.3. The molecule has 1 aromatic carbocycles.